The van der Waals surface area contributed by atoms with Crippen LogP contribution in [0.25, 0.3) is 23.5 Å². The molecule has 150 valence electrons. The molecule has 1 aliphatic rings. The second-order valence-corrected chi connectivity index (χ2v) is 7.10. The highest BCUT2D eigenvalue weighted by molar-refractivity contribution is 5.72. The number of aromatic hydroxyl groups is 1. The Balaban J connectivity index is 1.72. The number of rotatable bonds is 4. The van der Waals surface area contributed by atoms with Crippen molar-refractivity contribution in [2.75, 3.05) is 31.2 Å². The number of hydrogen-bond acceptors (Lipinski definition) is 4. The number of terminal acetylenes is 1. The van der Waals surface area contributed by atoms with Gasteiger partial charge in [0.25, 0.3) is 0 Å². The van der Waals surface area contributed by atoms with Crippen LogP contribution in [-0.4, -0.2) is 43.1 Å². The number of phenols is 1. The minimum atomic E-state index is 0.0645. The molecule has 0 unspecified atom stereocenters. The van der Waals surface area contributed by atoms with E-state index in [1.54, 1.807) is 18.2 Å². The lowest BCUT2D eigenvalue weighted by Crippen LogP contribution is -2.36. The molecular weight excluding hydrogens is 374 g/mol. The molecule has 0 atom stereocenters. The van der Waals surface area contributed by atoms with Crippen LogP contribution in [0, 0.1) is 12.3 Å². The third-order valence-electron chi connectivity index (χ3n) is 5.29. The fraction of sp³-hybridized carbons (Fsp3) is 0.160. The molecule has 0 saturated carbocycles. The molecule has 5 heteroatoms. The van der Waals surface area contributed by atoms with Crippen LogP contribution < -0.4 is 15.5 Å². The van der Waals surface area contributed by atoms with Crippen LogP contribution in [0.3, 0.4) is 0 Å². The van der Waals surface area contributed by atoms with Crippen molar-refractivity contribution in [3.8, 4) is 29.4 Å². The monoisotopic (exact) mass is 397 g/mol. The van der Waals surface area contributed by atoms with Gasteiger partial charge in [0.1, 0.15) is 5.75 Å². The number of aliphatic imine (C=N–C) groups is 1. The van der Waals surface area contributed by atoms with Gasteiger partial charge in [0.05, 0.1) is 24.5 Å². The van der Waals surface area contributed by atoms with Crippen LogP contribution in [0.2, 0.25) is 0 Å². The van der Waals surface area contributed by atoms with Gasteiger partial charge in [-0.2, -0.15) is 0 Å². The molecule has 1 fully saturated rings. The van der Waals surface area contributed by atoms with E-state index in [2.05, 4.69) is 58.4 Å². The van der Waals surface area contributed by atoms with Crippen molar-refractivity contribution in [2.45, 2.75) is 0 Å². The molecule has 4 rings (SSSR count). The Morgan fingerprint density at radius 2 is 1.87 bits per heavy atom. The molecule has 0 radical (unpaired) electrons. The molecule has 0 aliphatic carbocycles. The predicted octanol–water partition coefficient (Wildman–Crippen LogP) is 2.47. The summed E-state index contributed by atoms with van der Waals surface area (Å²) >= 11 is 0. The quantitative estimate of drug-likeness (QED) is 0.525. The Labute approximate surface area is 175 Å². The van der Waals surface area contributed by atoms with E-state index in [9.17, 15) is 5.11 Å². The van der Waals surface area contributed by atoms with Gasteiger partial charge in [0.2, 0.25) is 0 Å². The van der Waals surface area contributed by atoms with Crippen molar-refractivity contribution in [3.63, 3.8) is 0 Å². The molecular formula is C25H23N3O2. The Kier molecular flexibility index (Phi) is 5.42. The zero-order valence-corrected chi connectivity index (χ0v) is 16.7. The Morgan fingerprint density at radius 1 is 1.13 bits per heavy atom. The first-order chi connectivity index (χ1) is 14.6. The van der Waals surface area contributed by atoms with Crippen LogP contribution in [-0.2, 0) is 4.74 Å². The van der Waals surface area contributed by atoms with E-state index in [0.717, 1.165) is 53.7 Å². The van der Waals surface area contributed by atoms with Crippen LogP contribution in [0.1, 0.15) is 11.1 Å². The first-order valence-electron chi connectivity index (χ1n) is 9.73. The Bertz CT molecular complexity index is 1230. The fourth-order valence-electron chi connectivity index (χ4n) is 3.67. The molecule has 30 heavy (non-hydrogen) atoms. The summed E-state index contributed by atoms with van der Waals surface area (Å²) in [6.45, 7) is 11.2. The summed E-state index contributed by atoms with van der Waals surface area (Å²) < 4.78 is 5.43. The number of nitrogens with one attached hydrogen (secondary N) is 1. The average molecular weight is 397 g/mol. The highest BCUT2D eigenvalue weighted by atomic mass is 16.5. The highest BCUT2D eigenvalue weighted by Gasteiger charge is 2.12. The largest absolute Gasteiger partial charge is 0.507 e. The number of benzene rings is 2. The normalized spacial score (nSPS) is 14.8. The second-order valence-electron chi connectivity index (χ2n) is 7.10. The molecule has 2 heterocycles. The zero-order chi connectivity index (χ0) is 21.1. The summed E-state index contributed by atoms with van der Waals surface area (Å²) in [6.07, 6.45) is 5.48. The predicted molar refractivity (Wildman–Crippen MR) is 122 cm³/mol. The highest BCUT2D eigenvalue weighted by Crippen LogP contribution is 2.23. The molecule has 1 saturated heterocycles. The Morgan fingerprint density at radius 3 is 2.53 bits per heavy atom. The third-order valence-corrected chi connectivity index (χ3v) is 5.29. The van der Waals surface area contributed by atoms with E-state index in [0.29, 0.717) is 11.3 Å². The van der Waals surface area contributed by atoms with E-state index in [1.165, 1.54) is 5.69 Å². The maximum Gasteiger partial charge on any atom is 0.131 e. The summed E-state index contributed by atoms with van der Waals surface area (Å²) in [5.74, 6) is 2.55. The number of aromatic nitrogens is 1. The number of H-pyrrole nitrogens is 1. The Hall–Kier alpha value is -3.75. The summed E-state index contributed by atoms with van der Waals surface area (Å²) in [5.41, 5.74) is 5.03. The summed E-state index contributed by atoms with van der Waals surface area (Å²) in [6, 6.07) is 15.5. The van der Waals surface area contributed by atoms with Gasteiger partial charge < -0.3 is 19.7 Å². The smallest absolute Gasteiger partial charge is 0.131 e. The van der Waals surface area contributed by atoms with Gasteiger partial charge >= 0.3 is 0 Å². The molecule has 1 aliphatic heterocycles. The van der Waals surface area contributed by atoms with Crippen LogP contribution in [0.15, 0.2) is 53.5 Å². The molecule has 5 nitrogen and oxygen atoms in total. The fourth-order valence-corrected chi connectivity index (χ4v) is 3.67. The molecule has 0 amide bonds. The number of hydrogen-bond donors (Lipinski definition) is 2. The standard InChI is InChI=1S/C25H23N3O2/c1-4-18-15-20(7-10-24(18)29)25(26-3)22-16-23(27-17(22)2)19-5-8-21(9-6-19)28-11-13-30-14-12-28/h1,5-10,15-16,27,29H,2-3,11-14H2/b25-22-. The van der Waals surface area contributed by atoms with Gasteiger partial charge in [-0.05, 0) is 48.7 Å². The minimum absolute atomic E-state index is 0.0645. The SMILES string of the molecule is C#Cc1cc(/C(N=C)=c2\cc(-c3ccc(N4CCOCC4)cc3)[nH]c2=C)ccc1O. The summed E-state index contributed by atoms with van der Waals surface area (Å²) in [4.78, 5) is 9.88. The van der Waals surface area contributed by atoms with Gasteiger partial charge in [-0.15, -0.1) is 6.42 Å². The number of anilines is 1. The first kappa shape index (κ1) is 19.6. The van der Waals surface area contributed by atoms with Crippen molar-refractivity contribution in [2.24, 2.45) is 4.99 Å². The second kappa shape index (κ2) is 8.32. The molecule has 0 spiro atoms. The van der Waals surface area contributed by atoms with Crippen molar-refractivity contribution in [1.29, 1.82) is 0 Å². The zero-order valence-electron chi connectivity index (χ0n) is 16.7. The van der Waals surface area contributed by atoms with Crippen LogP contribution in [0.4, 0.5) is 5.69 Å². The molecule has 0 bridgehead atoms. The molecule has 1 aromatic heterocycles. The van der Waals surface area contributed by atoms with E-state index < -0.39 is 0 Å². The van der Waals surface area contributed by atoms with E-state index >= 15 is 0 Å². The first-order valence-corrected chi connectivity index (χ1v) is 9.73. The van der Waals surface area contributed by atoms with Crippen LogP contribution in [0.5, 0.6) is 5.75 Å². The maximum absolute atomic E-state index is 9.86. The maximum atomic E-state index is 9.86. The lowest BCUT2D eigenvalue weighted by atomic mass is 10.1. The number of phenolic OH excluding ortho intramolecular Hbond substituents is 1. The minimum Gasteiger partial charge on any atom is -0.507 e. The third kappa shape index (κ3) is 3.73. The van der Waals surface area contributed by atoms with Gasteiger partial charge in [0.15, 0.2) is 0 Å². The van der Waals surface area contributed by atoms with Crippen molar-refractivity contribution in [3.05, 3.63) is 70.2 Å². The average Bonchev–Trinajstić information content (AvgIpc) is 3.17. The van der Waals surface area contributed by atoms with Crippen LogP contribution >= 0.6 is 0 Å². The van der Waals surface area contributed by atoms with Gasteiger partial charge in [0, 0.05) is 40.6 Å². The molecule has 2 aromatic carbocycles. The lowest BCUT2D eigenvalue weighted by molar-refractivity contribution is 0.122. The topological polar surface area (TPSA) is 60.8 Å². The van der Waals surface area contributed by atoms with E-state index in [-0.39, 0.29) is 5.75 Å². The molecule has 3 aromatic rings. The number of nitrogens with zero attached hydrogens (tertiary/aromatic N) is 2. The number of ether oxygens (including phenoxy) is 1. The van der Waals surface area contributed by atoms with Crippen molar-refractivity contribution >= 4 is 24.7 Å². The van der Waals surface area contributed by atoms with Crippen molar-refractivity contribution in [1.82, 2.24) is 4.98 Å². The van der Waals surface area contributed by atoms with Crippen molar-refractivity contribution < 1.29 is 9.84 Å². The van der Waals surface area contributed by atoms with E-state index in [1.807, 2.05) is 6.07 Å². The van der Waals surface area contributed by atoms with Gasteiger partial charge in [-0.25, -0.2) is 0 Å². The summed E-state index contributed by atoms with van der Waals surface area (Å²) in [7, 11) is 0. The van der Waals surface area contributed by atoms with Gasteiger partial charge in [-0.1, -0.05) is 24.6 Å². The van der Waals surface area contributed by atoms with E-state index in [4.69, 9.17) is 11.2 Å². The lowest BCUT2D eigenvalue weighted by Gasteiger charge is -2.28. The number of aromatic amines is 1. The van der Waals surface area contributed by atoms with Gasteiger partial charge in [-0.3, -0.25) is 4.99 Å². The number of morpholine rings is 1. The summed E-state index contributed by atoms with van der Waals surface area (Å²) in [5, 5.41) is 11.4. The molecule has 2 N–H and O–H groups in total.